The summed E-state index contributed by atoms with van der Waals surface area (Å²) in [6, 6.07) is 19.6. The highest BCUT2D eigenvalue weighted by molar-refractivity contribution is 5.84. The zero-order valence-corrected chi connectivity index (χ0v) is 18.4. The number of likely N-dealkylation sites (tertiary alicyclic amines) is 2. The molecule has 0 saturated carbocycles. The number of pyridine rings is 1. The standard InChI is InChI=1S/C27H33N3O/c1-2-17-30(16-1)21-23-10-8-22(9-11-23)12-18-29-19-13-25(14-20-29)31-26-7-3-5-24-6-4-15-28-27(24)26/h3-11,15,25H,1-2,12-14,16-21H2. The molecule has 3 heterocycles. The second kappa shape index (κ2) is 9.80. The third-order valence-corrected chi connectivity index (χ3v) is 6.77. The van der Waals surface area contributed by atoms with Crippen molar-refractivity contribution in [2.45, 2.75) is 44.8 Å². The first kappa shape index (κ1) is 20.5. The summed E-state index contributed by atoms with van der Waals surface area (Å²) in [5.74, 6) is 0.922. The third kappa shape index (κ3) is 5.25. The van der Waals surface area contributed by atoms with Crippen LogP contribution in [-0.2, 0) is 13.0 Å². The van der Waals surface area contributed by atoms with Crippen molar-refractivity contribution in [2.24, 2.45) is 0 Å². The van der Waals surface area contributed by atoms with Gasteiger partial charge in [0.2, 0.25) is 0 Å². The largest absolute Gasteiger partial charge is 0.488 e. The van der Waals surface area contributed by atoms with E-state index in [1.54, 1.807) is 0 Å². The van der Waals surface area contributed by atoms with E-state index in [1.165, 1.54) is 37.1 Å². The maximum absolute atomic E-state index is 6.35. The second-order valence-electron chi connectivity index (χ2n) is 9.04. The summed E-state index contributed by atoms with van der Waals surface area (Å²) in [7, 11) is 0. The Morgan fingerprint density at radius 2 is 1.55 bits per heavy atom. The molecule has 2 aliphatic rings. The molecule has 0 spiro atoms. The first-order chi connectivity index (χ1) is 15.3. The number of ether oxygens (including phenoxy) is 1. The van der Waals surface area contributed by atoms with Crippen LogP contribution in [0.25, 0.3) is 10.9 Å². The number of fused-ring (bicyclic) bond motifs is 1. The molecule has 1 aromatic heterocycles. The quantitative estimate of drug-likeness (QED) is 0.548. The number of para-hydroxylation sites is 1. The van der Waals surface area contributed by atoms with E-state index in [0.717, 1.165) is 62.1 Å². The van der Waals surface area contributed by atoms with Gasteiger partial charge in [0.1, 0.15) is 17.4 Å². The van der Waals surface area contributed by atoms with Crippen LogP contribution in [0.15, 0.2) is 60.8 Å². The molecule has 0 aliphatic carbocycles. The van der Waals surface area contributed by atoms with E-state index in [0.29, 0.717) is 0 Å². The van der Waals surface area contributed by atoms with Crippen LogP contribution in [0.3, 0.4) is 0 Å². The average molecular weight is 416 g/mol. The van der Waals surface area contributed by atoms with Gasteiger partial charge < -0.3 is 9.64 Å². The predicted molar refractivity (Wildman–Crippen MR) is 126 cm³/mol. The van der Waals surface area contributed by atoms with Crippen molar-refractivity contribution in [1.29, 1.82) is 0 Å². The van der Waals surface area contributed by atoms with Crippen LogP contribution in [-0.4, -0.2) is 53.6 Å². The molecule has 4 heteroatoms. The van der Waals surface area contributed by atoms with Gasteiger partial charge in [0, 0.05) is 37.8 Å². The molecule has 0 atom stereocenters. The summed E-state index contributed by atoms with van der Waals surface area (Å²) in [6.45, 7) is 6.98. The number of hydrogen-bond acceptors (Lipinski definition) is 4. The SMILES string of the molecule is c1cnc2c(OC3CCN(CCc4ccc(CN5CCCC5)cc4)CC3)cccc2c1. The van der Waals surface area contributed by atoms with E-state index < -0.39 is 0 Å². The van der Waals surface area contributed by atoms with Gasteiger partial charge in [-0.05, 0) is 68.5 Å². The fraction of sp³-hybridized carbons (Fsp3) is 0.444. The molecule has 4 nitrogen and oxygen atoms in total. The Labute approximate surface area is 185 Å². The number of piperidine rings is 1. The van der Waals surface area contributed by atoms with E-state index >= 15 is 0 Å². The summed E-state index contributed by atoms with van der Waals surface area (Å²) in [5.41, 5.74) is 3.87. The van der Waals surface area contributed by atoms with Crippen molar-refractivity contribution in [3.63, 3.8) is 0 Å². The maximum Gasteiger partial charge on any atom is 0.145 e. The van der Waals surface area contributed by atoms with Crippen molar-refractivity contribution in [3.8, 4) is 5.75 Å². The molecule has 2 aromatic carbocycles. The first-order valence-corrected chi connectivity index (χ1v) is 11.9. The van der Waals surface area contributed by atoms with Gasteiger partial charge in [-0.2, -0.15) is 0 Å². The third-order valence-electron chi connectivity index (χ3n) is 6.77. The summed E-state index contributed by atoms with van der Waals surface area (Å²) >= 11 is 0. The van der Waals surface area contributed by atoms with Crippen molar-refractivity contribution < 1.29 is 4.74 Å². The Kier molecular flexibility index (Phi) is 6.47. The summed E-state index contributed by atoms with van der Waals surface area (Å²) < 4.78 is 6.35. The lowest BCUT2D eigenvalue weighted by atomic mass is 10.1. The number of hydrogen-bond donors (Lipinski definition) is 0. The van der Waals surface area contributed by atoms with E-state index in [4.69, 9.17) is 4.74 Å². The summed E-state index contributed by atoms with van der Waals surface area (Å²) in [4.78, 5) is 9.67. The molecule has 0 unspecified atom stereocenters. The normalized spacial score (nSPS) is 18.6. The average Bonchev–Trinajstić information content (AvgIpc) is 3.33. The molecule has 2 aliphatic heterocycles. The number of rotatable bonds is 7. The predicted octanol–water partition coefficient (Wildman–Crippen LogP) is 4.92. The van der Waals surface area contributed by atoms with Gasteiger partial charge >= 0.3 is 0 Å². The molecule has 3 aromatic rings. The number of nitrogens with zero attached hydrogens (tertiary/aromatic N) is 3. The summed E-state index contributed by atoms with van der Waals surface area (Å²) in [5, 5.41) is 1.14. The molecule has 0 N–H and O–H groups in total. The van der Waals surface area contributed by atoms with E-state index in [9.17, 15) is 0 Å². The molecule has 0 bridgehead atoms. The zero-order chi connectivity index (χ0) is 20.9. The smallest absolute Gasteiger partial charge is 0.145 e. The van der Waals surface area contributed by atoms with Gasteiger partial charge in [0.25, 0.3) is 0 Å². The van der Waals surface area contributed by atoms with Crippen LogP contribution >= 0.6 is 0 Å². The van der Waals surface area contributed by atoms with E-state index in [-0.39, 0.29) is 6.10 Å². The van der Waals surface area contributed by atoms with E-state index in [1.807, 2.05) is 12.3 Å². The van der Waals surface area contributed by atoms with Gasteiger partial charge in [-0.15, -0.1) is 0 Å². The lowest BCUT2D eigenvalue weighted by Crippen LogP contribution is -2.39. The van der Waals surface area contributed by atoms with Crippen LogP contribution in [0.1, 0.15) is 36.8 Å². The zero-order valence-electron chi connectivity index (χ0n) is 18.4. The lowest BCUT2D eigenvalue weighted by Gasteiger charge is -2.32. The number of benzene rings is 2. The summed E-state index contributed by atoms with van der Waals surface area (Å²) in [6.07, 6.45) is 8.14. The fourth-order valence-electron chi connectivity index (χ4n) is 4.90. The fourth-order valence-corrected chi connectivity index (χ4v) is 4.90. The molecular weight excluding hydrogens is 382 g/mol. The highest BCUT2D eigenvalue weighted by Crippen LogP contribution is 2.26. The minimum absolute atomic E-state index is 0.286. The lowest BCUT2D eigenvalue weighted by molar-refractivity contribution is 0.102. The Morgan fingerprint density at radius 1 is 0.806 bits per heavy atom. The molecule has 162 valence electrons. The molecule has 31 heavy (non-hydrogen) atoms. The van der Waals surface area contributed by atoms with Crippen molar-refractivity contribution >= 4 is 10.9 Å². The van der Waals surface area contributed by atoms with Crippen LogP contribution in [0.2, 0.25) is 0 Å². The Hall–Kier alpha value is -2.43. The molecule has 2 fully saturated rings. The van der Waals surface area contributed by atoms with Gasteiger partial charge in [0.15, 0.2) is 0 Å². The number of aromatic nitrogens is 1. The first-order valence-electron chi connectivity index (χ1n) is 11.9. The Bertz CT molecular complexity index is 968. The van der Waals surface area contributed by atoms with Gasteiger partial charge in [-0.25, -0.2) is 0 Å². The van der Waals surface area contributed by atoms with E-state index in [2.05, 4.69) is 63.3 Å². The minimum Gasteiger partial charge on any atom is -0.488 e. The van der Waals surface area contributed by atoms with Gasteiger partial charge in [-0.1, -0.05) is 42.5 Å². The molecule has 5 rings (SSSR count). The molecule has 2 saturated heterocycles. The van der Waals surface area contributed by atoms with Crippen molar-refractivity contribution in [3.05, 3.63) is 71.9 Å². The van der Waals surface area contributed by atoms with Crippen LogP contribution in [0.4, 0.5) is 0 Å². The molecule has 0 radical (unpaired) electrons. The van der Waals surface area contributed by atoms with Crippen LogP contribution in [0.5, 0.6) is 5.75 Å². The van der Waals surface area contributed by atoms with Gasteiger partial charge in [-0.3, -0.25) is 9.88 Å². The maximum atomic E-state index is 6.35. The Balaban J connectivity index is 1.08. The van der Waals surface area contributed by atoms with Gasteiger partial charge in [0.05, 0.1) is 0 Å². The second-order valence-corrected chi connectivity index (χ2v) is 9.04. The van der Waals surface area contributed by atoms with Crippen LogP contribution in [0, 0.1) is 0 Å². The highest BCUT2D eigenvalue weighted by atomic mass is 16.5. The Morgan fingerprint density at radius 3 is 2.35 bits per heavy atom. The topological polar surface area (TPSA) is 28.6 Å². The minimum atomic E-state index is 0.286. The monoisotopic (exact) mass is 415 g/mol. The molecular formula is C27H33N3O. The van der Waals surface area contributed by atoms with Crippen molar-refractivity contribution in [1.82, 2.24) is 14.8 Å². The van der Waals surface area contributed by atoms with Crippen molar-refractivity contribution in [2.75, 3.05) is 32.7 Å². The highest BCUT2D eigenvalue weighted by Gasteiger charge is 2.21. The van der Waals surface area contributed by atoms with Crippen LogP contribution < -0.4 is 4.74 Å². The molecule has 0 amide bonds.